The zero-order valence-electron chi connectivity index (χ0n) is 17.9. The van der Waals surface area contributed by atoms with Crippen LogP contribution in [0.25, 0.3) is 22.1 Å². The van der Waals surface area contributed by atoms with Crippen molar-refractivity contribution in [3.63, 3.8) is 0 Å². The Bertz CT molecular complexity index is 1400. The lowest BCUT2D eigenvalue weighted by Crippen LogP contribution is -2.37. The molecule has 0 atom stereocenters. The molecule has 1 saturated heterocycles. The predicted molar refractivity (Wildman–Crippen MR) is 119 cm³/mol. The first-order chi connectivity index (χ1) is 15.8. The van der Waals surface area contributed by atoms with Crippen LogP contribution in [0, 0.1) is 0 Å². The zero-order valence-corrected chi connectivity index (χ0v) is 17.9. The van der Waals surface area contributed by atoms with Gasteiger partial charge in [0.05, 0.1) is 27.6 Å². The number of para-hydroxylation sites is 2. The summed E-state index contributed by atoms with van der Waals surface area (Å²) >= 11 is 0. The number of hydrogen-bond donors (Lipinski definition) is 2. The molecule has 7 nitrogen and oxygen atoms in total. The molecule has 3 heterocycles. The summed E-state index contributed by atoms with van der Waals surface area (Å²) in [5, 5.41) is 0. The van der Waals surface area contributed by atoms with Gasteiger partial charge in [0, 0.05) is 25.7 Å². The van der Waals surface area contributed by atoms with Gasteiger partial charge < -0.3 is 14.9 Å². The van der Waals surface area contributed by atoms with Crippen LogP contribution in [0.3, 0.4) is 0 Å². The number of rotatable bonds is 5. The fourth-order valence-electron chi connectivity index (χ4n) is 4.85. The highest BCUT2D eigenvalue weighted by Crippen LogP contribution is 2.31. The third-order valence-electron chi connectivity index (χ3n) is 6.50. The first-order valence-corrected chi connectivity index (χ1v) is 11.0. The van der Waals surface area contributed by atoms with E-state index in [0.29, 0.717) is 18.5 Å². The Morgan fingerprint density at radius 3 is 2.36 bits per heavy atom. The van der Waals surface area contributed by atoms with Crippen LogP contribution in [0.1, 0.15) is 30.9 Å². The van der Waals surface area contributed by atoms with Gasteiger partial charge in [0.1, 0.15) is 0 Å². The summed E-state index contributed by atoms with van der Waals surface area (Å²) in [5.74, 6) is 0. The summed E-state index contributed by atoms with van der Waals surface area (Å²) < 4.78 is 42.1. The van der Waals surface area contributed by atoms with Crippen LogP contribution in [0.4, 0.5) is 13.2 Å². The lowest BCUT2D eigenvalue weighted by atomic mass is 10.0. The van der Waals surface area contributed by atoms with Gasteiger partial charge in [0.15, 0.2) is 0 Å². The van der Waals surface area contributed by atoms with Gasteiger partial charge in [-0.1, -0.05) is 12.1 Å². The van der Waals surface area contributed by atoms with Crippen LogP contribution in [0.5, 0.6) is 0 Å². The second-order valence-electron chi connectivity index (χ2n) is 8.56. The molecule has 1 fully saturated rings. The number of fused-ring (bicyclic) bond motifs is 2. The Balaban J connectivity index is 1.20. The highest BCUT2D eigenvalue weighted by Gasteiger charge is 2.31. The maximum absolute atomic E-state index is 12.9. The first kappa shape index (κ1) is 21.6. The number of imidazole rings is 2. The van der Waals surface area contributed by atoms with Crippen molar-refractivity contribution in [3.05, 3.63) is 69.0 Å². The molecule has 174 valence electrons. The number of H-pyrrole nitrogens is 2. The molecule has 0 unspecified atom stereocenters. The lowest BCUT2D eigenvalue weighted by Gasteiger charge is -2.32. The van der Waals surface area contributed by atoms with Gasteiger partial charge in [0.25, 0.3) is 0 Å². The zero-order chi connectivity index (χ0) is 23.2. The van der Waals surface area contributed by atoms with E-state index in [1.54, 1.807) is 0 Å². The summed E-state index contributed by atoms with van der Waals surface area (Å²) in [6.07, 6.45) is -2.04. The number of hydrogen-bond acceptors (Lipinski definition) is 3. The van der Waals surface area contributed by atoms with E-state index in [4.69, 9.17) is 0 Å². The van der Waals surface area contributed by atoms with E-state index >= 15 is 0 Å². The molecule has 10 heteroatoms. The van der Waals surface area contributed by atoms with Crippen LogP contribution in [0.2, 0.25) is 0 Å². The minimum Gasteiger partial charge on any atom is -0.306 e. The van der Waals surface area contributed by atoms with Crippen LogP contribution in [-0.4, -0.2) is 43.6 Å². The second-order valence-corrected chi connectivity index (χ2v) is 8.56. The van der Waals surface area contributed by atoms with Gasteiger partial charge in [-0.25, -0.2) is 9.59 Å². The average Bonchev–Trinajstić information content (AvgIpc) is 3.28. The van der Waals surface area contributed by atoms with Crippen molar-refractivity contribution in [3.8, 4) is 0 Å². The lowest BCUT2D eigenvalue weighted by molar-refractivity contribution is -0.137. The Morgan fingerprint density at radius 1 is 0.879 bits per heavy atom. The van der Waals surface area contributed by atoms with Crippen molar-refractivity contribution in [2.75, 3.05) is 19.6 Å². The van der Waals surface area contributed by atoms with Crippen LogP contribution in [-0.2, 0) is 12.7 Å². The largest absolute Gasteiger partial charge is 0.416 e. The second kappa shape index (κ2) is 8.26. The number of benzene rings is 2. The SMILES string of the molecule is O=c1[nH]c2cc(C(F)(F)F)ccc2n1CCCN1CCC(n2c(=O)[nH]c3ccccc32)CC1. The number of halogens is 3. The van der Waals surface area contributed by atoms with Gasteiger partial charge in [-0.05, 0) is 56.1 Å². The molecule has 0 spiro atoms. The molecule has 0 bridgehead atoms. The number of aromatic nitrogens is 4. The standard InChI is InChI=1S/C23H24F3N5O2/c24-23(25,26)15-6-7-19-18(14-15)28-21(32)30(19)11-3-10-29-12-8-16(9-13-29)31-20-5-2-1-4-17(20)27-22(31)33/h1-2,4-7,14,16H,3,8-13H2,(H,27,33)(H,28,32). The third-order valence-corrected chi connectivity index (χ3v) is 6.50. The van der Waals surface area contributed by atoms with Gasteiger partial charge in [-0.3, -0.25) is 9.13 Å². The van der Waals surface area contributed by atoms with E-state index in [-0.39, 0.29) is 17.2 Å². The van der Waals surface area contributed by atoms with Gasteiger partial charge in [0.2, 0.25) is 0 Å². The van der Waals surface area contributed by atoms with Crippen molar-refractivity contribution in [2.24, 2.45) is 0 Å². The molecule has 2 N–H and O–H groups in total. The molecular formula is C23H24F3N5O2. The van der Waals surface area contributed by atoms with Crippen molar-refractivity contribution in [1.29, 1.82) is 0 Å². The smallest absolute Gasteiger partial charge is 0.306 e. The van der Waals surface area contributed by atoms with Crippen LogP contribution >= 0.6 is 0 Å². The summed E-state index contributed by atoms with van der Waals surface area (Å²) in [7, 11) is 0. The van der Waals surface area contributed by atoms with Crippen molar-refractivity contribution in [1.82, 2.24) is 24.0 Å². The molecule has 0 saturated carbocycles. The van der Waals surface area contributed by atoms with Crippen LogP contribution < -0.4 is 11.4 Å². The predicted octanol–water partition coefficient (Wildman–Crippen LogP) is 3.72. The normalized spacial score (nSPS) is 16.2. The summed E-state index contributed by atoms with van der Waals surface area (Å²) in [4.78, 5) is 32.5. The molecule has 33 heavy (non-hydrogen) atoms. The number of likely N-dealkylation sites (tertiary alicyclic amines) is 1. The Labute approximate surface area is 186 Å². The Hall–Kier alpha value is -3.27. The van der Waals surface area contributed by atoms with E-state index in [1.807, 2.05) is 28.8 Å². The first-order valence-electron chi connectivity index (χ1n) is 11.0. The highest BCUT2D eigenvalue weighted by molar-refractivity contribution is 5.76. The molecule has 0 amide bonds. The van der Waals surface area contributed by atoms with E-state index in [9.17, 15) is 22.8 Å². The highest BCUT2D eigenvalue weighted by atomic mass is 19.4. The number of piperidine rings is 1. The minimum absolute atomic E-state index is 0.0814. The maximum Gasteiger partial charge on any atom is 0.416 e. The van der Waals surface area contributed by atoms with Crippen LogP contribution in [0.15, 0.2) is 52.1 Å². The monoisotopic (exact) mass is 459 g/mol. The van der Waals surface area contributed by atoms with E-state index in [1.165, 1.54) is 10.6 Å². The van der Waals surface area contributed by atoms with E-state index in [0.717, 1.165) is 55.6 Å². The number of nitrogens with one attached hydrogen (secondary N) is 2. The molecule has 2 aromatic heterocycles. The fraction of sp³-hybridized carbons (Fsp3) is 0.391. The summed E-state index contributed by atoms with van der Waals surface area (Å²) in [5.41, 5.74) is 1.18. The van der Waals surface area contributed by atoms with Gasteiger partial charge >= 0.3 is 17.6 Å². The van der Waals surface area contributed by atoms with E-state index < -0.39 is 17.4 Å². The molecule has 2 aromatic carbocycles. The van der Waals surface area contributed by atoms with Crippen molar-refractivity contribution >= 4 is 22.1 Å². The molecule has 1 aliphatic heterocycles. The number of nitrogens with zero attached hydrogens (tertiary/aromatic N) is 3. The molecule has 5 rings (SSSR count). The third kappa shape index (κ3) is 4.10. The van der Waals surface area contributed by atoms with Crippen molar-refractivity contribution in [2.45, 2.75) is 38.0 Å². The maximum atomic E-state index is 12.9. The molecule has 0 radical (unpaired) electrons. The van der Waals surface area contributed by atoms with Crippen molar-refractivity contribution < 1.29 is 13.2 Å². The quantitative estimate of drug-likeness (QED) is 0.478. The van der Waals surface area contributed by atoms with Gasteiger partial charge in [-0.2, -0.15) is 13.2 Å². The fourth-order valence-corrected chi connectivity index (χ4v) is 4.85. The molecular weight excluding hydrogens is 435 g/mol. The Kier molecular flexibility index (Phi) is 5.40. The summed E-state index contributed by atoms with van der Waals surface area (Å²) in [6.45, 7) is 2.88. The number of alkyl halides is 3. The molecule has 4 aromatic rings. The van der Waals surface area contributed by atoms with E-state index in [2.05, 4.69) is 14.9 Å². The topological polar surface area (TPSA) is 78.8 Å². The molecule has 1 aliphatic rings. The number of aromatic amines is 2. The summed E-state index contributed by atoms with van der Waals surface area (Å²) in [6, 6.07) is 11.2. The number of aryl methyl sites for hydroxylation is 1. The molecule has 0 aliphatic carbocycles. The average molecular weight is 459 g/mol. The minimum atomic E-state index is -4.45. The van der Waals surface area contributed by atoms with Gasteiger partial charge in [-0.15, -0.1) is 0 Å². The Morgan fingerprint density at radius 2 is 1.61 bits per heavy atom.